The van der Waals surface area contributed by atoms with Gasteiger partial charge in [0, 0.05) is 45.6 Å². The number of carbonyl (C=O) groups excluding carboxylic acids is 2. The highest BCUT2D eigenvalue weighted by Gasteiger charge is 2.24. The van der Waals surface area contributed by atoms with Crippen molar-refractivity contribution in [3.05, 3.63) is 24.3 Å². The van der Waals surface area contributed by atoms with E-state index < -0.39 is 0 Å². The van der Waals surface area contributed by atoms with Gasteiger partial charge in [-0.2, -0.15) is 0 Å². The number of benzene rings is 1. The van der Waals surface area contributed by atoms with Crippen molar-refractivity contribution in [1.82, 2.24) is 9.80 Å². The first-order valence-electron chi connectivity index (χ1n) is 11.8. The average Bonchev–Trinajstić information content (AvgIpc) is 2.82. The second kappa shape index (κ2) is 12.7. The molecule has 2 heterocycles. The molecule has 7 heteroatoms. The van der Waals surface area contributed by atoms with E-state index in [1.54, 1.807) is 4.90 Å². The van der Waals surface area contributed by atoms with Crippen LogP contribution in [0, 0.1) is 0 Å². The zero-order valence-electron chi connectivity index (χ0n) is 18.9. The van der Waals surface area contributed by atoms with Crippen LogP contribution in [0.4, 0.5) is 5.69 Å². The Bertz CT molecular complexity index is 706. The molecule has 31 heavy (non-hydrogen) atoms. The molecule has 0 radical (unpaired) electrons. The zero-order chi connectivity index (χ0) is 21.9. The Morgan fingerprint density at radius 2 is 1.77 bits per heavy atom. The highest BCUT2D eigenvalue weighted by molar-refractivity contribution is 5.97. The number of carbonyl (C=O) groups is 2. The third-order valence-corrected chi connectivity index (χ3v) is 6.01. The number of ether oxygens (including phenoxy) is 2. The molecule has 1 aromatic rings. The molecule has 0 saturated carbocycles. The van der Waals surface area contributed by atoms with E-state index in [1.807, 2.05) is 29.2 Å². The Kier molecular flexibility index (Phi) is 9.62. The SMILES string of the molecule is CCCCCCN(CCN1CCOCC1)C(=O)CCC(=O)N1CCOc2ccccc21. The van der Waals surface area contributed by atoms with Crippen molar-refractivity contribution in [2.24, 2.45) is 0 Å². The summed E-state index contributed by atoms with van der Waals surface area (Å²) in [6.45, 7) is 8.95. The molecule has 0 bridgehead atoms. The van der Waals surface area contributed by atoms with Gasteiger partial charge in [-0.1, -0.05) is 38.3 Å². The van der Waals surface area contributed by atoms with Gasteiger partial charge in [0.15, 0.2) is 0 Å². The molecule has 0 N–H and O–H groups in total. The van der Waals surface area contributed by atoms with Gasteiger partial charge in [-0.3, -0.25) is 14.5 Å². The number of fused-ring (bicyclic) bond motifs is 1. The smallest absolute Gasteiger partial charge is 0.227 e. The summed E-state index contributed by atoms with van der Waals surface area (Å²) in [6.07, 6.45) is 5.03. The van der Waals surface area contributed by atoms with E-state index in [-0.39, 0.29) is 24.7 Å². The minimum Gasteiger partial charge on any atom is -0.490 e. The monoisotopic (exact) mass is 431 g/mol. The third-order valence-electron chi connectivity index (χ3n) is 6.01. The standard InChI is InChI=1S/C24H37N3O4/c1-2-3-4-7-12-26(14-13-25-15-18-30-19-16-25)23(28)10-11-24(29)27-17-20-31-22-9-6-5-8-21(22)27/h5-6,8-9H,2-4,7,10-20H2,1H3. The van der Waals surface area contributed by atoms with Crippen molar-refractivity contribution in [2.75, 3.05) is 64.0 Å². The highest BCUT2D eigenvalue weighted by atomic mass is 16.5. The molecule has 3 rings (SSSR count). The summed E-state index contributed by atoms with van der Waals surface area (Å²) in [5.41, 5.74) is 0.801. The van der Waals surface area contributed by atoms with Crippen LogP contribution >= 0.6 is 0 Å². The molecule has 2 aliphatic rings. The fourth-order valence-electron chi connectivity index (χ4n) is 4.11. The van der Waals surface area contributed by atoms with Crippen LogP contribution in [-0.2, 0) is 14.3 Å². The number of nitrogens with zero attached hydrogens (tertiary/aromatic N) is 3. The van der Waals surface area contributed by atoms with Crippen LogP contribution in [0.1, 0.15) is 45.4 Å². The van der Waals surface area contributed by atoms with Crippen molar-refractivity contribution in [3.8, 4) is 5.75 Å². The molecule has 0 aliphatic carbocycles. The van der Waals surface area contributed by atoms with Crippen LogP contribution in [0.3, 0.4) is 0 Å². The Hall–Kier alpha value is -2.12. The first kappa shape index (κ1) is 23.5. The molecule has 1 aromatic carbocycles. The molecule has 1 saturated heterocycles. The third kappa shape index (κ3) is 7.21. The molecular weight excluding hydrogens is 394 g/mol. The predicted molar refractivity (Wildman–Crippen MR) is 122 cm³/mol. The second-order valence-corrected chi connectivity index (χ2v) is 8.26. The predicted octanol–water partition coefficient (Wildman–Crippen LogP) is 2.93. The largest absolute Gasteiger partial charge is 0.490 e. The lowest BCUT2D eigenvalue weighted by Crippen LogP contribution is -2.44. The number of morpholine rings is 1. The number of rotatable bonds is 11. The maximum Gasteiger partial charge on any atom is 0.227 e. The maximum absolute atomic E-state index is 13.0. The fraction of sp³-hybridized carbons (Fsp3) is 0.667. The summed E-state index contributed by atoms with van der Waals surface area (Å²) in [5.74, 6) is 0.805. The van der Waals surface area contributed by atoms with Gasteiger partial charge in [-0.05, 0) is 18.6 Å². The second-order valence-electron chi connectivity index (χ2n) is 8.26. The van der Waals surface area contributed by atoms with Gasteiger partial charge < -0.3 is 19.3 Å². The lowest BCUT2D eigenvalue weighted by molar-refractivity contribution is -0.133. The normalized spacial score (nSPS) is 16.5. The van der Waals surface area contributed by atoms with Gasteiger partial charge in [-0.15, -0.1) is 0 Å². The molecule has 2 aliphatic heterocycles. The van der Waals surface area contributed by atoms with Crippen molar-refractivity contribution in [3.63, 3.8) is 0 Å². The van der Waals surface area contributed by atoms with Crippen molar-refractivity contribution in [1.29, 1.82) is 0 Å². The summed E-state index contributed by atoms with van der Waals surface area (Å²) < 4.78 is 11.1. The van der Waals surface area contributed by atoms with E-state index >= 15 is 0 Å². The average molecular weight is 432 g/mol. The number of para-hydroxylation sites is 2. The van der Waals surface area contributed by atoms with E-state index in [0.29, 0.717) is 13.2 Å². The van der Waals surface area contributed by atoms with Gasteiger partial charge in [0.1, 0.15) is 12.4 Å². The van der Waals surface area contributed by atoms with Crippen LogP contribution in [-0.4, -0.2) is 80.7 Å². The molecular formula is C24H37N3O4. The molecule has 2 amide bonds. The molecule has 0 atom stereocenters. The lowest BCUT2D eigenvalue weighted by atomic mass is 10.1. The Morgan fingerprint density at radius 1 is 0.968 bits per heavy atom. The summed E-state index contributed by atoms with van der Waals surface area (Å²) in [5, 5.41) is 0. The van der Waals surface area contributed by atoms with Crippen molar-refractivity contribution < 1.29 is 19.1 Å². The van der Waals surface area contributed by atoms with E-state index in [9.17, 15) is 9.59 Å². The van der Waals surface area contributed by atoms with Gasteiger partial charge >= 0.3 is 0 Å². The first-order chi connectivity index (χ1) is 15.2. The minimum atomic E-state index is -0.0109. The van der Waals surface area contributed by atoms with Crippen molar-refractivity contribution >= 4 is 17.5 Å². The minimum absolute atomic E-state index is 0.0109. The molecule has 172 valence electrons. The fourth-order valence-corrected chi connectivity index (χ4v) is 4.11. The van der Waals surface area contributed by atoms with Crippen LogP contribution in [0.5, 0.6) is 5.75 Å². The Balaban J connectivity index is 1.51. The van der Waals surface area contributed by atoms with Crippen LogP contribution in [0.25, 0.3) is 0 Å². The van der Waals surface area contributed by atoms with Crippen LogP contribution in [0.2, 0.25) is 0 Å². The van der Waals surface area contributed by atoms with Gasteiger partial charge in [0.2, 0.25) is 11.8 Å². The summed E-state index contributed by atoms with van der Waals surface area (Å²) >= 11 is 0. The zero-order valence-corrected chi connectivity index (χ0v) is 18.9. The molecule has 0 unspecified atom stereocenters. The summed E-state index contributed by atoms with van der Waals surface area (Å²) in [7, 11) is 0. The number of hydrogen-bond acceptors (Lipinski definition) is 5. The highest BCUT2D eigenvalue weighted by Crippen LogP contribution is 2.31. The summed E-state index contributed by atoms with van der Waals surface area (Å²) in [6, 6.07) is 7.59. The van der Waals surface area contributed by atoms with Crippen LogP contribution < -0.4 is 9.64 Å². The quantitative estimate of drug-likeness (QED) is 0.504. The lowest BCUT2D eigenvalue weighted by Gasteiger charge is -2.31. The Morgan fingerprint density at radius 3 is 2.58 bits per heavy atom. The maximum atomic E-state index is 13.0. The van der Waals surface area contributed by atoms with Gasteiger partial charge in [0.25, 0.3) is 0 Å². The molecule has 0 aromatic heterocycles. The van der Waals surface area contributed by atoms with Gasteiger partial charge in [0.05, 0.1) is 25.4 Å². The van der Waals surface area contributed by atoms with Crippen molar-refractivity contribution in [2.45, 2.75) is 45.4 Å². The molecule has 0 spiro atoms. The molecule has 7 nitrogen and oxygen atoms in total. The van der Waals surface area contributed by atoms with E-state index in [4.69, 9.17) is 9.47 Å². The van der Waals surface area contributed by atoms with E-state index in [0.717, 1.165) is 70.2 Å². The number of unbranched alkanes of at least 4 members (excludes halogenated alkanes) is 3. The number of amides is 2. The van der Waals surface area contributed by atoms with E-state index in [2.05, 4.69) is 11.8 Å². The molecule has 1 fully saturated rings. The number of anilines is 1. The topological polar surface area (TPSA) is 62.3 Å². The van der Waals surface area contributed by atoms with E-state index in [1.165, 1.54) is 12.8 Å². The summed E-state index contributed by atoms with van der Waals surface area (Å²) in [4.78, 5) is 31.9. The number of hydrogen-bond donors (Lipinski definition) is 0. The Labute approximate surface area is 186 Å². The first-order valence-corrected chi connectivity index (χ1v) is 11.8. The van der Waals surface area contributed by atoms with Gasteiger partial charge in [-0.25, -0.2) is 0 Å². The van der Waals surface area contributed by atoms with Crippen LogP contribution in [0.15, 0.2) is 24.3 Å².